The predicted molar refractivity (Wildman–Crippen MR) is 87.2 cm³/mol. The van der Waals surface area contributed by atoms with E-state index < -0.39 is 0 Å². The lowest BCUT2D eigenvalue weighted by Gasteiger charge is -2.30. The van der Waals surface area contributed by atoms with Crippen LogP contribution >= 0.6 is 0 Å². The van der Waals surface area contributed by atoms with E-state index in [2.05, 4.69) is 61.7 Å². The first-order chi connectivity index (χ1) is 9.54. The second kappa shape index (κ2) is 7.24. The molecule has 0 saturated heterocycles. The second-order valence-electron chi connectivity index (χ2n) is 7.09. The minimum absolute atomic E-state index is 0.229. The number of hydrogen-bond acceptors (Lipinski definition) is 2. The van der Waals surface area contributed by atoms with E-state index in [1.165, 1.54) is 31.2 Å². The molecule has 0 unspecified atom stereocenters. The fourth-order valence-corrected chi connectivity index (χ4v) is 3.07. The Hall–Kier alpha value is -0.860. The number of rotatable bonds is 5. The summed E-state index contributed by atoms with van der Waals surface area (Å²) in [6.07, 6.45) is 5.28. The molecule has 0 heterocycles. The zero-order valence-corrected chi connectivity index (χ0v) is 13.3. The maximum Gasteiger partial charge on any atom is 0.00970 e. The van der Waals surface area contributed by atoms with E-state index in [9.17, 15) is 0 Å². The van der Waals surface area contributed by atoms with Crippen molar-refractivity contribution in [2.24, 2.45) is 0 Å². The van der Waals surface area contributed by atoms with Crippen LogP contribution in [0.5, 0.6) is 0 Å². The molecule has 0 bridgehead atoms. The van der Waals surface area contributed by atoms with Gasteiger partial charge in [0, 0.05) is 24.7 Å². The zero-order valence-electron chi connectivity index (χ0n) is 13.3. The third-order valence-corrected chi connectivity index (χ3v) is 4.21. The highest BCUT2D eigenvalue weighted by Gasteiger charge is 2.21. The molecule has 2 N–H and O–H groups in total. The smallest absolute Gasteiger partial charge is 0.00970 e. The van der Waals surface area contributed by atoms with Crippen LogP contribution in [0.1, 0.15) is 57.9 Å². The van der Waals surface area contributed by atoms with Crippen molar-refractivity contribution in [2.45, 2.75) is 64.0 Å². The minimum atomic E-state index is 0.229. The summed E-state index contributed by atoms with van der Waals surface area (Å²) in [5, 5.41) is 7.24. The van der Waals surface area contributed by atoms with Crippen molar-refractivity contribution < 1.29 is 0 Å². The molecule has 0 radical (unpaired) electrons. The van der Waals surface area contributed by atoms with Crippen LogP contribution in [-0.4, -0.2) is 24.7 Å². The minimum Gasteiger partial charge on any atom is -0.313 e. The van der Waals surface area contributed by atoms with Gasteiger partial charge in [0.2, 0.25) is 0 Å². The summed E-state index contributed by atoms with van der Waals surface area (Å²) in [6, 6.07) is 11.7. The van der Waals surface area contributed by atoms with Gasteiger partial charge in [-0.25, -0.2) is 0 Å². The normalized spacial score (nSPS) is 23.8. The van der Waals surface area contributed by atoms with E-state index >= 15 is 0 Å². The number of nitrogens with one attached hydrogen (secondary N) is 2. The lowest BCUT2D eigenvalue weighted by Crippen LogP contribution is -2.43. The van der Waals surface area contributed by atoms with Gasteiger partial charge >= 0.3 is 0 Å². The van der Waals surface area contributed by atoms with E-state index in [0.29, 0.717) is 0 Å². The van der Waals surface area contributed by atoms with Gasteiger partial charge < -0.3 is 10.6 Å². The Morgan fingerprint density at radius 3 is 2.20 bits per heavy atom. The molecule has 20 heavy (non-hydrogen) atoms. The van der Waals surface area contributed by atoms with E-state index in [4.69, 9.17) is 0 Å². The van der Waals surface area contributed by atoms with Gasteiger partial charge in [-0.05, 0) is 57.9 Å². The topological polar surface area (TPSA) is 24.1 Å². The first-order valence-electron chi connectivity index (χ1n) is 8.08. The summed E-state index contributed by atoms with van der Waals surface area (Å²) in [5.74, 6) is 0.780. The third-order valence-electron chi connectivity index (χ3n) is 4.21. The molecule has 0 atom stereocenters. The molecule has 1 aliphatic carbocycles. The quantitative estimate of drug-likeness (QED) is 0.800. The van der Waals surface area contributed by atoms with Crippen molar-refractivity contribution >= 4 is 0 Å². The number of benzene rings is 1. The molecule has 2 nitrogen and oxygen atoms in total. The van der Waals surface area contributed by atoms with Crippen LogP contribution in [-0.2, 0) is 0 Å². The molecular formula is C18H30N2. The first kappa shape index (κ1) is 15.5. The molecule has 2 heteroatoms. The summed E-state index contributed by atoms with van der Waals surface area (Å²) in [4.78, 5) is 0. The van der Waals surface area contributed by atoms with Gasteiger partial charge in [-0.2, -0.15) is 0 Å². The van der Waals surface area contributed by atoms with Crippen LogP contribution in [0.25, 0.3) is 0 Å². The third kappa shape index (κ3) is 5.26. The molecule has 1 aromatic carbocycles. The van der Waals surface area contributed by atoms with Gasteiger partial charge in [-0.15, -0.1) is 0 Å². The molecule has 0 aromatic heterocycles. The summed E-state index contributed by atoms with van der Waals surface area (Å²) >= 11 is 0. The zero-order chi connectivity index (χ0) is 14.4. The first-order valence-corrected chi connectivity index (χ1v) is 8.08. The van der Waals surface area contributed by atoms with E-state index in [1.807, 2.05) is 0 Å². The molecule has 0 amide bonds. The maximum absolute atomic E-state index is 3.70. The van der Waals surface area contributed by atoms with Crippen LogP contribution in [0, 0.1) is 0 Å². The molecule has 1 aromatic rings. The molecule has 1 saturated carbocycles. The van der Waals surface area contributed by atoms with Gasteiger partial charge in [0.05, 0.1) is 0 Å². The Labute approximate surface area is 124 Å². The molecule has 0 aliphatic heterocycles. The molecule has 1 aliphatic rings. The Bertz CT molecular complexity index is 372. The molecule has 112 valence electrons. The van der Waals surface area contributed by atoms with Gasteiger partial charge in [0.15, 0.2) is 0 Å². The van der Waals surface area contributed by atoms with Crippen molar-refractivity contribution in [1.82, 2.24) is 10.6 Å². The SMILES string of the molecule is CC(C)(C)NCCNC1CCC(c2ccccc2)CC1. The highest BCUT2D eigenvalue weighted by molar-refractivity contribution is 5.20. The fraction of sp³-hybridized carbons (Fsp3) is 0.667. The monoisotopic (exact) mass is 274 g/mol. The van der Waals surface area contributed by atoms with Crippen molar-refractivity contribution in [3.8, 4) is 0 Å². The Balaban J connectivity index is 1.65. The number of hydrogen-bond donors (Lipinski definition) is 2. The van der Waals surface area contributed by atoms with Gasteiger partial charge in [0.1, 0.15) is 0 Å². The van der Waals surface area contributed by atoms with Crippen molar-refractivity contribution in [1.29, 1.82) is 0 Å². The van der Waals surface area contributed by atoms with Crippen LogP contribution in [0.2, 0.25) is 0 Å². The largest absolute Gasteiger partial charge is 0.313 e. The van der Waals surface area contributed by atoms with Gasteiger partial charge in [0.25, 0.3) is 0 Å². The summed E-state index contributed by atoms with van der Waals surface area (Å²) < 4.78 is 0. The second-order valence-corrected chi connectivity index (χ2v) is 7.09. The maximum atomic E-state index is 3.70. The van der Waals surface area contributed by atoms with E-state index in [-0.39, 0.29) is 5.54 Å². The van der Waals surface area contributed by atoms with Crippen molar-refractivity contribution in [3.63, 3.8) is 0 Å². The average molecular weight is 274 g/mol. The molecular weight excluding hydrogens is 244 g/mol. The van der Waals surface area contributed by atoms with Crippen molar-refractivity contribution in [2.75, 3.05) is 13.1 Å². The highest BCUT2D eigenvalue weighted by Crippen LogP contribution is 2.32. The van der Waals surface area contributed by atoms with E-state index in [0.717, 1.165) is 25.0 Å². The summed E-state index contributed by atoms with van der Waals surface area (Å²) in [6.45, 7) is 8.80. The van der Waals surface area contributed by atoms with Crippen LogP contribution in [0.15, 0.2) is 30.3 Å². The fourth-order valence-electron chi connectivity index (χ4n) is 3.07. The predicted octanol–water partition coefficient (Wildman–Crippen LogP) is 3.69. The molecule has 0 spiro atoms. The summed E-state index contributed by atoms with van der Waals surface area (Å²) in [5.41, 5.74) is 1.76. The summed E-state index contributed by atoms with van der Waals surface area (Å²) in [7, 11) is 0. The van der Waals surface area contributed by atoms with E-state index in [1.54, 1.807) is 0 Å². The van der Waals surface area contributed by atoms with Crippen LogP contribution in [0.4, 0.5) is 0 Å². The average Bonchev–Trinajstić information content (AvgIpc) is 2.44. The molecule has 1 fully saturated rings. The highest BCUT2D eigenvalue weighted by atomic mass is 15.0. The van der Waals surface area contributed by atoms with Crippen LogP contribution < -0.4 is 10.6 Å². The van der Waals surface area contributed by atoms with Gasteiger partial charge in [-0.1, -0.05) is 30.3 Å². The Morgan fingerprint density at radius 2 is 1.60 bits per heavy atom. The molecule has 2 rings (SSSR count). The van der Waals surface area contributed by atoms with Crippen LogP contribution in [0.3, 0.4) is 0 Å². The van der Waals surface area contributed by atoms with Crippen molar-refractivity contribution in [3.05, 3.63) is 35.9 Å². The Morgan fingerprint density at radius 1 is 0.950 bits per heavy atom. The standard InChI is InChI=1S/C18H30N2/c1-18(2,3)20-14-13-19-17-11-9-16(10-12-17)15-7-5-4-6-8-15/h4-8,16-17,19-20H,9-14H2,1-3H3. The lowest BCUT2D eigenvalue weighted by atomic mass is 9.82. The Kier molecular flexibility index (Phi) is 5.62. The lowest BCUT2D eigenvalue weighted by molar-refractivity contribution is 0.334. The van der Waals surface area contributed by atoms with Gasteiger partial charge in [-0.3, -0.25) is 0 Å².